The fourth-order valence-corrected chi connectivity index (χ4v) is 0.597. The van der Waals surface area contributed by atoms with Crippen LogP contribution in [-0.4, -0.2) is 24.1 Å². The van der Waals surface area contributed by atoms with E-state index in [9.17, 15) is 9.70 Å². The van der Waals surface area contributed by atoms with Crippen molar-refractivity contribution in [3.05, 3.63) is 4.91 Å². The summed E-state index contributed by atoms with van der Waals surface area (Å²) in [5.74, 6) is 0. The quantitative estimate of drug-likeness (QED) is 0.330. The molecule has 0 aliphatic heterocycles. The fraction of sp³-hybridized carbons (Fsp3) is 0.800. The van der Waals surface area contributed by atoms with Gasteiger partial charge in [-0.3, -0.25) is 0 Å². The number of carbonyl (C=O) groups is 1. The molecule has 0 aromatic heterocycles. The number of nitrogens with zero attached hydrogens (tertiary/aromatic N) is 2. The van der Waals surface area contributed by atoms with Crippen molar-refractivity contribution < 1.29 is 4.79 Å². The Morgan fingerprint density at radius 1 is 1.45 bits per heavy atom. The predicted octanol–water partition coefficient (Wildman–Crippen LogP) is -0.213. The first-order chi connectivity index (χ1) is 5.22. The topological polar surface area (TPSA) is 102 Å². The minimum atomic E-state index is -0.822. The number of unbranched alkanes of at least 4 members (excludes halogenated alkanes) is 1. The molecule has 0 aromatic carbocycles. The summed E-state index contributed by atoms with van der Waals surface area (Å²) in [4.78, 5) is 20.2. The third-order valence-corrected chi connectivity index (χ3v) is 1.18. The molecule has 0 aromatic rings. The smallest absolute Gasteiger partial charge is 0.337 e. The van der Waals surface area contributed by atoms with Gasteiger partial charge in [0.25, 0.3) is 0 Å². The molecule has 0 saturated heterocycles. The molecule has 0 unspecified atom stereocenters. The Hall–Kier alpha value is -1.17. The van der Waals surface area contributed by atoms with E-state index >= 15 is 0 Å². The summed E-state index contributed by atoms with van der Waals surface area (Å²) >= 11 is 0. The Kier molecular flexibility index (Phi) is 5.01. The van der Waals surface area contributed by atoms with Gasteiger partial charge in [0.15, 0.2) is 0 Å². The van der Waals surface area contributed by atoms with E-state index in [2.05, 4.69) is 5.29 Å². The molecule has 4 N–H and O–H groups in total. The molecule has 11 heavy (non-hydrogen) atoms. The Morgan fingerprint density at radius 2 is 2.09 bits per heavy atom. The number of rotatable bonds is 5. The molecule has 0 aliphatic carbocycles. The zero-order chi connectivity index (χ0) is 8.69. The monoisotopic (exact) mass is 160 g/mol. The van der Waals surface area contributed by atoms with Crippen molar-refractivity contribution >= 4 is 6.03 Å². The van der Waals surface area contributed by atoms with Crippen molar-refractivity contribution in [1.82, 2.24) is 5.01 Å². The van der Waals surface area contributed by atoms with Gasteiger partial charge in [-0.25, -0.2) is 4.79 Å². The summed E-state index contributed by atoms with van der Waals surface area (Å²) in [6, 6.07) is -0.822. The molecule has 0 saturated carbocycles. The number of nitrogens with two attached hydrogens (primary N) is 2. The Bertz CT molecular complexity index is 138. The van der Waals surface area contributed by atoms with Gasteiger partial charge in [0.2, 0.25) is 0 Å². The van der Waals surface area contributed by atoms with Crippen LogP contribution in [0.25, 0.3) is 0 Å². The van der Waals surface area contributed by atoms with Gasteiger partial charge >= 0.3 is 6.03 Å². The van der Waals surface area contributed by atoms with Crippen LogP contribution in [0.3, 0.4) is 0 Å². The number of amides is 2. The average molecular weight is 160 g/mol. The van der Waals surface area contributed by atoms with Crippen LogP contribution >= 0.6 is 0 Å². The van der Waals surface area contributed by atoms with Gasteiger partial charge < -0.3 is 11.5 Å². The number of urea groups is 1. The summed E-state index contributed by atoms with van der Waals surface area (Å²) in [5.41, 5.74) is 9.98. The highest BCUT2D eigenvalue weighted by atomic mass is 16.3. The maximum atomic E-state index is 10.3. The van der Waals surface area contributed by atoms with Gasteiger partial charge in [0.1, 0.15) is 0 Å². The lowest BCUT2D eigenvalue weighted by Gasteiger charge is -2.08. The lowest BCUT2D eigenvalue weighted by atomic mass is 10.3. The van der Waals surface area contributed by atoms with Crippen molar-refractivity contribution in [2.75, 3.05) is 13.1 Å². The van der Waals surface area contributed by atoms with Crippen LogP contribution < -0.4 is 11.5 Å². The zero-order valence-electron chi connectivity index (χ0n) is 6.19. The number of hydrogen-bond acceptors (Lipinski definition) is 4. The minimum Gasteiger partial charge on any atom is -0.350 e. The van der Waals surface area contributed by atoms with Crippen molar-refractivity contribution in [2.24, 2.45) is 16.8 Å². The summed E-state index contributed by atoms with van der Waals surface area (Å²) in [5, 5.41) is 3.10. The summed E-state index contributed by atoms with van der Waals surface area (Å²) in [6.45, 7) is 0.779. The molecule has 0 atom stereocenters. The van der Waals surface area contributed by atoms with Crippen LogP contribution in [0.5, 0.6) is 0 Å². The van der Waals surface area contributed by atoms with E-state index in [1.54, 1.807) is 0 Å². The SMILES string of the molecule is NCCCCN(N=O)C(N)=O. The first-order valence-corrected chi connectivity index (χ1v) is 3.32. The van der Waals surface area contributed by atoms with Crippen molar-refractivity contribution in [1.29, 1.82) is 0 Å². The van der Waals surface area contributed by atoms with Crippen LogP contribution in [0.1, 0.15) is 12.8 Å². The molecule has 6 nitrogen and oxygen atoms in total. The molecule has 0 spiro atoms. The second-order valence-corrected chi connectivity index (χ2v) is 2.04. The van der Waals surface area contributed by atoms with E-state index in [0.717, 1.165) is 6.42 Å². The molecule has 64 valence electrons. The maximum absolute atomic E-state index is 10.3. The van der Waals surface area contributed by atoms with Gasteiger partial charge in [-0.2, -0.15) is 5.01 Å². The lowest BCUT2D eigenvalue weighted by molar-refractivity contribution is 0.208. The van der Waals surface area contributed by atoms with E-state index in [4.69, 9.17) is 11.5 Å². The van der Waals surface area contributed by atoms with E-state index in [-0.39, 0.29) is 6.54 Å². The summed E-state index contributed by atoms with van der Waals surface area (Å²) in [7, 11) is 0. The van der Waals surface area contributed by atoms with E-state index < -0.39 is 6.03 Å². The zero-order valence-corrected chi connectivity index (χ0v) is 6.19. The van der Waals surface area contributed by atoms with Crippen LogP contribution in [0.2, 0.25) is 0 Å². The van der Waals surface area contributed by atoms with E-state index in [1.807, 2.05) is 0 Å². The second kappa shape index (κ2) is 5.60. The van der Waals surface area contributed by atoms with Gasteiger partial charge in [-0.05, 0) is 19.4 Å². The Balaban J connectivity index is 3.52. The highest BCUT2D eigenvalue weighted by molar-refractivity contribution is 5.71. The van der Waals surface area contributed by atoms with Crippen LogP contribution in [-0.2, 0) is 0 Å². The van der Waals surface area contributed by atoms with Gasteiger partial charge in [-0.1, -0.05) is 0 Å². The Morgan fingerprint density at radius 3 is 2.45 bits per heavy atom. The number of hydrogen-bond donors (Lipinski definition) is 2. The van der Waals surface area contributed by atoms with Crippen molar-refractivity contribution in [2.45, 2.75) is 12.8 Å². The highest BCUT2D eigenvalue weighted by Crippen LogP contribution is 1.93. The molecule has 6 heteroatoms. The van der Waals surface area contributed by atoms with Gasteiger partial charge in [0, 0.05) is 6.54 Å². The lowest BCUT2D eigenvalue weighted by Crippen LogP contribution is -2.31. The van der Waals surface area contributed by atoms with Gasteiger partial charge in [0.05, 0.1) is 5.29 Å². The van der Waals surface area contributed by atoms with Crippen LogP contribution in [0.15, 0.2) is 5.29 Å². The van der Waals surface area contributed by atoms with Crippen molar-refractivity contribution in [3.8, 4) is 0 Å². The van der Waals surface area contributed by atoms with Crippen molar-refractivity contribution in [3.63, 3.8) is 0 Å². The second-order valence-electron chi connectivity index (χ2n) is 2.04. The molecule has 0 fully saturated rings. The number of primary amides is 1. The summed E-state index contributed by atoms with van der Waals surface area (Å²) in [6.07, 6.45) is 1.39. The first-order valence-electron chi connectivity index (χ1n) is 3.32. The van der Waals surface area contributed by atoms with Gasteiger partial charge in [-0.15, -0.1) is 4.91 Å². The normalized spacial score (nSPS) is 9.18. The standard InChI is InChI=1S/C5H12N4O2/c6-3-1-2-4-9(8-11)5(7)10/h1-4,6H2,(H2,7,10). The van der Waals surface area contributed by atoms with Crippen LogP contribution in [0, 0.1) is 4.91 Å². The minimum absolute atomic E-state index is 0.246. The third kappa shape index (κ3) is 4.26. The van der Waals surface area contributed by atoms with E-state index in [0.29, 0.717) is 18.0 Å². The predicted molar refractivity (Wildman–Crippen MR) is 40.4 cm³/mol. The molecule has 0 rings (SSSR count). The molecular formula is C5H12N4O2. The third-order valence-electron chi connectivity index (χ3n) is 1.18. The number of nitroso groups, excluding NO2 is 1. The fourth-order valence-electron chi connectivity index (χ4n) is 0.597. The molecule has 0 aliphatic rings. The highest BCUT2D eigenvalue weighted by Gasteiger charge is 2.07. The average Bonchev–Trinajstić information content (AvgIpc) is 1.97. The maximum Gasteiger partial charge on any atom is 0.337 e. The van der Waals surface area contributed by atoms with Crippen LogP contribution in [0.4, 0.5) is 4.79 Å². The number of carbonyl (C=O) groups excluding carboxylic acids is 1. The molecule has 2 amide bonds. The summed E-state index contributed by atoms with van der Waals surface area (Å²) < 4.78 is 0. The molecular weight excluding hydrogens is 148 g/mol. The largest absolute Gasteiger partial charge is 0.350 e. The molecule has 0 heterocycles. The first kappa shape index (κ1) is 9.83. The Labute approximate surface area is 64.5 Å². The molecule has 0 radical (unpaired) electrons. The molecule has 0 bridgehead atoms. The van der Waals surface area contributed by atoms with E-state index in [1.165, 1.54) is 0 Å².